The molecular formula is C15H25N3O. The lowest BCUT2D eigenvalue weighted by Crippen LogP contribution is -2.18. The van der Waals surface area contributed by atoms with E-state index in [1.807, 2.05) is 6.07 Å². The molecule has 1 heterocycles. The number of rotatable bonds is 3. The predicted molar refractivity (Wildman–Crippen MR) is 77.1 cm³/mol. The van der Waals surface area contributed by atoms with Crippen LogP contribution in [-0.2, 0) is 10.2 Å². The fraction of sp³-hybridized carbons (Fsp3) is 0.733. The lowest BCUT2D eigenvalue weighted by Gasteiger charge is -2.20. The molecule has 0 bridgehead atoms. The van der Waals surface area contributed by atoms with Crippen LogP contribution in [0, 0.1) is 5.92 Å². The highest BCUT2D eigenvalue weighted by atomic mass is 16.1. The molecule has 1 aromatic heterocycles. The lowest BCUT2D eigenvalue weighted by atomic mass is 9.87. The first-order valence-electron chi connectivity index (χ1n) is 7.31. The fourth-order valence-corrected chi connectivity index (χ4v) is 2.62. The van der Waals surface area contributed by atoms with Gasteiger partial charge in [-0.05, 0) is 18.8 Å². The maximum atomic E-state index is 12.0. The standard InChI is InChI=1S/C15H25N3O/c1-15(2,3)12-10-13(18-17-12)16-14(19)9-11-7-5-4-6-8-11/h10-11H,4-9H2,1-3H3,(H2,16,17,18,19). The van der Waals surface area contributed by atoms with Gasteiger partial charge in [0.2, 0.25) is 5.91 Å². The molecule has 1 amide bonds. The van der Waals surface area contributed by atoms with Crippen LogP contribution in [-0.4, -0.2) is 16.1 Å². The Hall–Kier alpha value is -1.32. The second-order valence-corrected chi connectivity index (χ2v) is 6.67. The maximum absolute atomic E-state index is 12.0. The first-order valence-corrected chi connectivity index (χ1v) is 7.31. The Labute approximate surface area is 115 Å². The first-order chi connectivity index (χ1) is 8.95. The van der Waals surface area contributed by atoms with Crippen molar-refractivity contribution in [3.05, 3.63) is 11.8 Å². The maximum Gasteiger partial charge on any atom is 0.225 e. The van der Waals surface area contributed by atoms with Gasteiger partial charge in [-0.25, -0.2) is 0 Å². The minimum absolute atomic E-state index is 0.0271. The molecule has 0 aromatic carbocycles. The Morgan fingerprint density at radius 1 is 1.37 bits per heavy atom. The van der Waals surface area contributed by atoms with E-state index >= 15 is 0 Å². The van der Waals surface area contributed by atoms with Crippen LogP contribution in [0.25, 0.3) is 0 Å². The minimum Gasteiger partial charge on any atom is -0.309 e. The third kappa shape index (κ3) is 4.08. The van der Waals surface area contributed by atoms with Gasteiger partial charge >= 0.3 is 0 Å². The van der Waals surface area contributed by atoms with Crippen LogP contribution in [0.2, 0.25) is 0 Å². The van der Waals surface area contributed by atoms with Crippen molar-refractivity contribution in [2.24, 2.45) is 5.92 Å². The van der Waals surface area contributed by atoms with Crippen LogP contribution in [0.15, 0.2) is 6.07 Å². The van der Waals surface area contributed by atoms with Crippen LogP contribution in [0.5, 0.6) is 0 Å². The van der Waals surface area contributed by atoms with Crippen molar-refractivity contribution in [3.63, 3.8) is 0 Å². The van der Waals surface area contributed by atoms with E-state index in [-0.39, 0.29) is 11.3 Å². The summed E-state index contributed by atoms with van der Waals surface area (Å²) in [6, 6.07) is 1.93. The second-order valence-electron chi connectivity index (χ2n) is 6.67. The highest BCUT2D eigenvalue weighted by Crippen LogP contribution is 2.27. The molecule has 106 valence electrons. The van der Waals surface area contributed by atoms with Crippen LogP contribution < -0.4 is 5.32 Å². The van der Waals surface area contributed by atoms with E-state index in [1.165, 1.54) is 32.1 Å². The average Bonchev–Trinajstić information content (AvgIpc) is 2.78. The lowest BCUT2D eigenvalue weighted by molar-refractivity contribution is -0.117. The van der Waals surface area contributed by atoms with Crippen molar-refractivity contribution in [2.45, 2.75) is 64.7 Å². The van der Waals surface area contributed by atoms with Crippen molar-refractivity contribution in [1.82, 2.24) is 10.2 Å². The Morgan fingerprint density at radius 2 is 2.05 bits per heavy atom. The molecule has 4 heteroatoms. The quantitative estimate of drug-likeness (QED) is 0.875. The van der Waals surface area contributed by atoms with Gasteiger partial charge in [0.25, 0.3) is 0 Å². The molecule has 2 rings (SSSR count). The number of carbonyl (C=O) groups is 1. The summed E-state index contributed by atoms with van der Waals surface area (Å²) in [5, 5.41) is 10.0. The van der Waals surface area contributed by atoms with Crippen LogP contribution in [0.4, 0.5) is 5.82 Å². The SMILES string of the molecule is CC(C)(C)c1cc(NC(=O)CC2CCCCC2)n[nH]1. The van der Waals surface area contributed by atoms with Gasteiger partial charge in [0.1, 0.15) is 0 Å². The van der Waals surface area contributed by atoms with Crippen molar-refractivity contribution in [3.8, 4) is 0 Å². The van der Waals surface area contributed by atoms with E-state index in [9.17, 15) is 4.79 Å². The number of aromatic amines is 1. The van der Waals surface area contributed by atoms with E-state index in [2.05, 4.69) is 36.3 Å². The van der Waals surface area contributed by atoms with E-state index in [4.69, 9.17) is 0 Å². The number of nitrogens with one attached hydrogen (secondary N) is 2. The largest absolute Gasteiger partial charge is 0.309 e. The number of H-pyrrole nitrogens is 1. The molecule has 0 radical (unpaired) electrons. The smallest absolute Gasteiger partial charge is 0.225 e. The molecule has 0 aliphatic heterocycles. The van der Waals surface area contributed by atoms with Gasteiger partial charge in [-0.15, -0.1) is 0 Å². The summed E-state index contributed by atoms with van der Waals surface area (Å²) < 4.78 is 0. The molecule has 0 spiro atoms. The van der Waals surface area contributed by atoms with Crippen molar-refractivity contribution >= 4 is 11.7 Å². The third-order valence-electron chi connectivity index (χ3n) is 3.85. The molecule has 0 unspecified atom stereocenters. The van der Waals surface area contributed by atoms with Gasteiger partial charge in [0.05, 0.1) is 0 Å². The predicted octanol–water partition coefficient (Wildman–Crippen LogP) is 3.62. The number of anilines is 1. The van der Waals surface area contributed by atoms with Crippen LogP contribution in [0.3, 0.4) is 0 Å². The van der Waals surface area contributed by atoms with Gasteiger partial charge in [-0.1, -0.05) is 40.0 Å². The molecule has 19 heavy (non-hydrogen) atoms. The van der Waals surface area contributed by atoms with Crippen LogP contribution >= 0.6 is 0 Å². The Bertz CT molecular complexity index is 425. The highest BCUT2D eigenvalue weighted by molar-refractivity contribution is 5.89. The number of hydrogen-bond donors (Lipinski definition) is 2. The summed E-state index contributed by atoms with van der Waals surface area (Å²) >= 11 is 0. The average molecular weight is 263 g/mol. The molecule has 1 aromatic rings. The minimum atomic E-state index is 0.0271. The van der Waals surface area contributed by atoms with Crippen molar-refractivity contribution in [1.29, 1.82) is 0 Å². The number of nitrogens with zero attached hydrogens (tertiary/aromatic N) is 1. The normalized spacial score (nSPS) is 17.4. The summed E-state index contributed by atoms with van der Waals surface area (Å²) in [5.41, 5.74) is 1.07. The monoisotopic (exact) mass is 263 g/mol. The van der Waals surface area contributed by atoms with Gasteiger partial charge in [0.15, 0.2) is 5.82 Å². The Morgan fingerprint density at radius 3 is 2.63 bits per heavy atom. The van der Waals surface area contributed by atoms with E-state index in [0.717, 1.165) is 5.69 Å². The molecule has 4 nitrogen and oxygen atoms in total. The molecule has 1 aliphatic carbocycles. The molecule has 2 N–H and O–H groups in total. The zero-order valence-electron chi connectivity index (χ0n) is 12.3. The number of hydrogen-bond acceptors (Lipinski definition) is 2. The van der Waals surface area contributed by atoms with Gasteiger partial charge in [-0.2, -0.15) is 5.10 Å². The molecule has 1 fully saturated rings. The van der Waals surface area contributed by atoms with E-state index in [1.54, 1.807) is 0 Å². The third-order valence-corrected chi connectivity index (χ3v) is 3.85. The van der Waals surface area contributed by atoms with Crippen LogP contribution in [0.1, 0.15) is 65.0 Å². The highest BCUT2D eigenvalue weighted by Gasteiger charge is 2.19. The van der Waals surface area contributed by atoms with Gasteiger partial charge in [0, 0.05) is 23.6 Å². The van der Waals surface area contributed by atoms with E-state index < -0.39 is 0 Å². The van der Waals surface area contributed by atoms with Gasteiger partial charge in [-0.3, -0.25) is 9.89 Å². The summed E-state index contributed by atoms with van der Waals surface area (Å²) in [6.45, 7) is 6.36. The topological polar surface area (TPSA) is 57.8 Å². The number of aromatic nitrogens is 2. The summed E-state index contributed by atoms with van der Waals surface area (Å²) in [7, 11) is 0. The zero-order chi connectivity index (χ0) is 13.9. The van der Waals surface area contributed by atoms with Gasteiger partial charge < -0.3 is 5.32 Å². The summed E-state index contributed by atoms with van der Waals surface area (Å²) in [5.74, 6) is 1.30. The second kappa shape index (κ2) is 5.76. The van der Waals surface area contributed by atoms with E-state index in [0.29, 0.717) is 18.2 Å². The molecule has 1 saturated carbocycles. The molecule has 0 atom stereocenters. The molecular weight excluding hydrogens is 238 g/mol. The Balaban J connectivity index is 1.86. The Kier molecular flexibility index (Phi) is 4.27. The molecule has 1 aliphatic rings. The number of carbonyl (C=O) groups excluding carboxylic acids is 1. The fourth-order valence-electron chi connectivity index (χ4n) is 2.62. The number of amides is 1. The first kappa shape index (κ1) is 14.1. The van der Waals surface area contributed by atoms with Crippen molar-refractivity contribution in [2.75, 3.05) is 5.32 Å². The molecule has 0 saturated heterocycles. The van der Waals surface area contributed by atoms with Crippen molar-refractivity contribution < 1.29 is 4.79 Å². The summed E-state index contributed by atoms with van der Waals surface area (Å²) in [6.07, 6.45) is 6.90. The summed E-state index contributed by atoms with van der Waals surface area (Å²) in [4.78, 5) is 12.0. The zero-order valence-corrected chi connectivity index (χ0v) is 12.3.